The molecule has 3 rings (SSSR count). The van der Waals surface area contributed by atoms with Crippen molar-refractivity contribution in [2.45, 2.75) is 39.5 Å². The first-order valence-corrected chi connectivity index (χ1v) is 14.7. The van der Waals surface area contributed by atoms with Crippen LogP contribution < -0.4 is 20.1 Å². The van der Waals surface area contributed by atoms with Crippen LogP contribution in [0.2, 0.25) is 0 Å². The number of benzene rings is 3. The monoisotopic (exact) mass is 613 g/mol. The van der Waals surface area contributed by atoms with Gasteiger partial charge in [-0.3, -0.25) is 19.7 Å². The lowest BCUT2D eigenvalue weighted by molar-refractivity contribution is -0.384. The van der Waals surface area contributed by atoms with E-state index in [1.807, 2.05) is 44.2 Å². The fourth-order valence-electron chi connectivity index (χ4n) is 4.31. The van der Waals surface area contributed by atoms with E-state index in [0.717, 1.165) is 11.1 Å². The van der Waals surface area contributed by atoms with Gasteiger partial charge in [-0.1, -0.05) is 31.4 Å². The van der Waals surface area contributed by atoms with Gasteiger partial charge in [-0.2, -0.15) is 5.11 Å². The van der Waals surface area contributed by atoms with Gasteiger partial charge >= 0.3 is 0 Å². The number of nitrogens with one attached hydrogen (secondary N) is 2. The summed E-state index contributed by atoms with van der Waals surface area (Å²) < 4.78 is 12.7. The van der Waals surface area contributed by atoms with Crippen molar-refractivity contribution in [2.24, 2.45) is 10.2 Å². The van der Waals surface area contributed by atoms with E-state index in [2.05, 4.69) is 34.0 Å². The first-order valence-electron chi connectivity index (χ1n) is 14.7. The fraction of sp³-hybridized carbons (Fsp3) is 0.294. The zero-order chi connectivity index (χ0) is 32.6. The molecular weight excluding hydrogens is 574 g/mol. The molecule has 0 aliphatic rings. The second kappa shape index (κ2) is 17.7. The molecule has 0 spiro atoms. The minimum absolute atomic E-state index is 0.0431. The Morgan fingerprint density at radius 2 is 1.44 bits per heavy atom. The van der Waals surface area contributed by atoms with Crippen molar-refractivity contribution < 1.29 is 24.0 Å². The molecule has 0 aromatic heterocycles. The number of carbonyl (C=O) groups is 2. The third-order valence-electron chi connectivity index (χ3n) is 6.77. The van der Waals surface area contributed by atoms with Crippen molar-refractivity contribution in [1.82, 2.24) is 10.6 Å². The fourth-order valence-corrected chi connectivity index (χ4v) is 4.31. The highest BCUT2D eigenvalue weighted by Crippen LogP contribution is 2.48. The van der Waals surface area contributed by atoms with Crippen molar-refractivity contribution >= 4 is 28.9 Å². The highest BCUT2D eigenvalue weighted by Gasteiger charge is 2.22. The summed E-state index contributed by atoms with van der Waals surface area (Å²) in [5, 5.41) is 26.0. The number of ether oxygens (including phenoxy) is 2. The summed E-state index contributed by atoms with van der Waals surface area (Å²) in [6, 6.07) is 15.7. The number of hydrogen-bond acceptors (Lipinski definition) is 8. The minimum atomic E-state index is -0.453. The predicted octanol–water partition coefficient (Wildman–Crippen LogP) is 7.22. The van der Waals surface area contributed by atoms with E-state index in [4.69, 9.17) is 9.47 Å². The first kappa shape index (κ1) is 34.2. The third-order valence-corrected chi connectivity index (χ3v) is 6.77. The molecule has 0 unspecified atom stereocenters. The number of azo groups is 1. The molecule has 3 aromatic rings. The number of aryl methyl sites for hydroxylation is 2. The Morgan fingerprint density at radius 3 is 2.02 bits per heavy atom. The molecule has 11 heteroatoms. The van der Waals surface area contributed by atoms with E-state index >= 15 is 0 Å². The molecule has 0 atom stereocenters. The summed E-state index contributed by atoms with van der Waals surface area (Å²) in [5.74, 6) is 0.496. The molecule has 0 aliphatic heterocycles. The maximum atomic E-state index is 11.5. The van der Waals surface area contributed by atoms with Crippen molar-refractivity contribution in [3.8, 4) is 22.6 Å². The highest BCUT2D eigenvalue weighted by atomic mass is 16.6. The second-order valence-corrected chi connectivity index (χ2v) is 10.1. The molecule has 3 aromatic carbocycles. The van der Waals surface area contributed by atoms with Gasteiger partial charge in [0.2, 0.25) is 11.8 Å². The average molecular weight is 614 g/mol. The molecule has 0 radical (unpaired) electrons. The van der Waals surface area contributed by atoms with Gasteiger partial charge in [-0.25, -0.2) is 0 Å². The van der Waals surface area contributed by atoms with Gasteiger partial charge in [0.05, 0.1) is 29.4 Å². The first-order chi connectivity index (χ1) is 21.7. The van der Waals surface area contributed by atoms with Crippen LogP contribution >= 0.6 is 0 Å². The number of rotatable bonds is 18. The van der Waals surface area contributed by atoms with Crippen molar-refractivity contribution in [1.29, 1.82) is 0 Å². The van der Waals surface area contributed by atoms with Crippen molar-refractivity contribution in [2.75, 3.05) is 26.3 Å². The highest BCUT2D eigenvalue weighted by molar-refractivity contribution is 5.87. The molecule has 0 heterocycles. The molecule has 2 amide bonds. The quantitative estimate of drug-likeness (QED) is 0.0510. The molecule has 0 bridgehead atoms. The van der Waals surface area contributed by atoms with Crippen LogP contribution in [0.4, 0.5) is 17.1 Å². The number of unbranched alkanes of at least 4 members (excludes halogenated alkanes) is 2. The Labute approximate surface area is 263 Å². The summed E-state index contributed by atoms with van der Waals surface area (Å²) in [6.07, 6.45) is 5.12. The maximum Gasteiger partial charge on any atom is 0.269 e. The van der Waals surface area contributed by atoms with Gasteiger partial charge in [0.1, 0.15) is 11.4 Å². The van der Waals surface area contributed by atoms with Crippen LogP contribution in [0.15, 0.2) is 90.1 Å². The normalized spacial score (nSPS) is 10.7. The Bertz CT molecular complexity index is 1530. The molecule has 0 aliphatic carbocycles. The van der Waals surface area contributed by atoms with E-state index < -0.39 is 4.92 Å². The number of nitro benzene ring substituents is 1. The smallest absolute Gasteiger partial charge is 0.269 e. The molecular formula is C34H39N5O6. The lowest BCUT2D eigenvalue weighted by Gasteiger charge is -2.20. The van der Waals surface area contributed by atoms with E-state index in [1.165, 1.54) is 24.3 Å². The Balaban J connectivity index is 2.00. The summed E-state index contributed by atoms with van der Waals surface area (Å²) in [7, 11) is 0. The van der Waals surface area contributed by atoms with Crippen LogP contribution in [-0.4, -0.2) is 43.0 Å². The topological polar surface area (TPSA) is 145 Å². The van der Waals surface area contributed by atoms with E-state index in [9.17, 15) is 19.7 Å². The zero-order valence-corrected chi connectivity index (χ0v) is 25.7. The van der Waals surface area contributed by atoms with Gasteiger partial charge in [-0.15, -0.1) is 5.11 Å². The van der Waals surface area contributed by atoms with Gasteiger partial charge in [0, 0.05) is 25.2 Å². The molecule has 236 valence electrons. The molecule has 45 heavy (non-hydrogen) atoms. The number of non-ortho nitro benzene ring substituents is 1. The van der Waals surface area contributed by atoms with Crippen LogP contribution in [0.1, 0.15) is 36.8 Å². The number of nitro groups is 1. The van der Waals surface area contributed by atoms with E-state index in [-0.39, 0.29) is 17.5 Å². The number of nitrogens with zero attached hydrogens (tertiary/aromatic N) is 3. The minimum Gasteiger partial charge on any atom is -0.493 e. The average Bonchev–Trinajstić information content (AvgIpc) is 3.04. The molecule has 11 nitrogen and oxygen atoms in total. The molecule has 0 saturated carbocycles. The standard InChI is InChI=1S/C34H39N5O6/c1-5-30(40)35-19-9-11-21-44-29-23-25(4)33(38-37-28-14-8-7-13-24(28)3)34(45-22-12-10-20-36-31(41)6-2)32(29)26-15-17-27(18-16-26)39(42)43/h5-8,13-18,23H,1-2,9-12,19-22H2,3-4H3,(H,35,40)(H,36,41). The molecule has 0 saturated heterocycles. The van der Waals surface area contributed by atoms with Crippen molar-refractivity contribution in [3.63, 3.8) is 0 Å². The van der Waals surface area contributed by atoms with Gasteiger partial charge in [0.15, 0.2) is 5.75 Å². The van der Waals surface area contributed by atoms with Crippen molar-refractivity contribution in [3.05, 3.63) is 101 Å². The number of carbonyl (C=O) groups excluding carboxylic acids is 2. The third kappa shape index (κ3) is 10.4. The molecule has 0 fully saturated rings. The Hall–Kier alpha value is -5.32. The second-order valence-electron chi connectivity index (χ2n) is 10.1. The van der Waals surface area contributed by atoms with Crippen LogP contribution in [0.5, 0.6) is 11.5 Å². The van der Waals surface area contributed by atoms with Crippen LogP contribution in [-0.2, 0) is 9.59 Å². The SMILES string of the molecule is C=CC(=O)NCCCCOc1cc(C)c(N=Nc2ccccc2C)c(OCCCCNC(=O)C=C)c1-c1ccc([N+](=O)[O-])cc1. The van der Waals surface area contributed by atoms with Crippen LogP contribution in [0.25, 0.3) is 11.1 Å². The maximum absolute atomic E-state index is 11.5. The van der Waals surface area contributed by atoms with Gasteiger partial charge in [-0.05, 0) is 92.6 Å². The van der Waals surface area contributed by atoms with E-state index in [1.54, 1.807) is 12.1 Å². The van der Waals surface area contributed by atoms with Crippen LogP contribution in [0, 0.1) is 24.0 Å². The van der Waals surface area contributed by atoms with Gasteiger partial charge < -0.3 is 20.1 Å². The zero-order valence-electron chi connectivity index (χ0n) is 25.7. The predicted molar refractivity (Wildman–Crippen MR) is 174 cm³/mol. The number of hydrogen-bond donors (Lipinski definition) is 2. The lowest BCUT2D eigenvalue weighted by Crippen LogP contribution is -2.22. The summed E-state index contributed by atoms with van der Waals surface area (Å²) in [4.78, 5) is 33.8. The Morgan fingerprint density at radius 1 is 0.844 bits per heavy atom. The lowest BCUT2D eigenvalue weighted by atomic mass is 9.99. The van der Waals surface area contributed by atoms with E-state index in [0.29, 0.717) is 86.0 Å². The summed E-state index contributed by atoms with van der Waals surface area (Å²) in [5.41, 5.74) is 4.14. The Kier molecular flexibility index (Phi) is 13.5. The summed E-state index contributed by atoms with van der Waals surface area (Å²) in [6.45, 7) is 12.4. The van der Waals surface area contributed by atoms with Gasteiger partial charge in [0.25, 0.3) is 5.69 Å². The number of amides is 2. The largest absolute Gasteiger partial charge is 0.493 e. The molecule has 2 N–H and O–H groups in total. The summed E-state index contributed by atoms with van der Waals surface area (Å²) >= 11 is 0. The van der Waals surface area contributed by atoms with Crippen LogP contribution in [0.3, 0.4) is 0 Å².